The second-order valence-corrected chi connectivity index (χ2v) is 5.91. The van der Waals surface area contributed by atoms with Crippen molar-refractivity contribution in [3.05, 3.63) is 35.4 Å². The molecule has 0 unspecified atom stereocenters. The van der Waals surface area contributed by atoms with Crippen molar-refractivity contribution in [2.45, 2.75) is 44.7 Å². The maximum absolute atomic E-state index is 12.2. The van der Waals surface area contributed by atoms with E-state index in [1.54, 1.807) is 18.2 Å². The molecular weight excluding hydrogens is 280 g/mol. The molecule has 0 heterocycles. The van der Waals surface area contributed by atoms with Gasteiger partial charge in [0.1, 0.15) is 0 Å². The van der Waals surface area contributed by atoms with Crippen LogP contribution in [0.5, 0.6) is 0 Å². The van der Waals surface area contributed by atoms with E-state index in [1.807, 2.05) is 18.0 Å². The third-order valence-electron chi connectivity index (χ3n) is 4.30. The largest absolute Gasteiger partial charge is 0.478 e. The molecule has 0 bridgehead atoms. The zero-order valence-corrected chi connectivity index (χ0v) is 13.0. The smallest absolute Gasteiger partial charge is 0.335 e. The number of carboxylic acid groups (broad SMARTS) is 1. The molecule has 0 spiro atoms. The van der Waals surface area contributed by atoms with Crippen molar-refractivity contribution >= 4 is 11.9 Å². The summed E-state index contributed by atoms with van der Waals surface area (Å²) in [6.45, 7) is 0.773. The van der Waals surface area contributed by atoms with Crippen molar-refractivity contribution < 1.29 is 14.7 Å². The van der Waals surface area contributed by atoms with Crippen molar-refractivity contribution in [2.75, 3.05) is 13.6 Å². The van der Waals surface area contributed by atoms with Gasteiger partial charge >= 0.3 is 5.97 Å². The van der Waals surface area contributed by atoms with Gasteiger partial charge in [0.15, 0.2) is 0 Å². The molecule has 1 fully saturated rings. The highest BCUT2D eigenvalue weighted by molar-refractivity contribution is 5.87. The summed E-state index contributed by atoms with van der Waals surface area (Å²) in [5, 5.41) is 12.1. The molecule has 0 atom stereocenters. The Labute approximate surface area is 131 Å². The number of carbonyl (C=O) groups excluding carboxylic acids is 1. The summed E-state index contributed by atoms with van der Waals surface area (Å²) in [5.74, 6) is -0.837. The number of carboxylic acids is 1. The molecule has 1 aromatic rings. The summed E-state index contributed by atoms with van der Waals surface area (Å²) in [6, 6.07) is 7.14. The highest BCUT2D eigenvalue weighted by atomic mass is 16.4. The average Bonchev–Trinajstić information content (AvgIpc) is 2.55. The minimum atomic E-state index is -0.935. The van der Waals surface area contributed by atoms with E-state index in [0.29, 0.717) is 12.6 Å². The predicted molar refractivity (Wildman–Crippen MR) is 84.8 cm³/mol. The van der Waals surface area contributed by atoms with E-state index >= 15 is 0 Å². The molecule has 1 amide bonds. The zero-order chi connectivity index (χ0) is 15.9. The lowest BCUT2D eigenvalue weighted by atomic mass is 9.94. The fourth-order valence-corrected chi connectivity index (χ4v) is 2.92. The fourth-order valence-electron chi connectivity index (χ4n) is 2.92. The van der Waals surface area contributed by atoms with Crippen molar-refractivity contribution in [3.8, 4) is 0 Å². The zero-order valence-electron chi connectivity index (χ0n) is 13.0. The summed E-state index contributed by atoms with van der Waals surface area (Å²) >= 11 is 0. The van der Waals surface area contributed by atoms with Crippen LogP contribution < -0.4 is 5.32 Å². The van der Waals surface area contributed by atoms with Crippen LogP contribution in [-0.4, -0.2) is 41.5 Å². The Balaban J connectivity index is 1.79. The van der Waals surface area contributed by atoms with Crippen LogP contribution in [0.15, 0.2) is 24.3 Å². The van der Waals surface area contributed by atoms with E-state index in [4.69, 9.17) is 5.11 Å². The molecule has 0 aliphatic heterocycles. The Morgan fingerprint density at radius 3 is 2.68 bits per heavy atom. The summed E-state index contributed by atoms with van der Waals surface area (Å²) in [4.78, 5) is 25.0. The molecule has 1 aromatic carbocycles. The van der Waals surface area contributed by atoms with Gasteiger partial charge in [-0.1, -0.05) is 31.4 Å². The first-order valence-corrected chi connectivity index (χ1v) is 7.86. The Morgan fingerprint density at radius 2 is 2.00 bits per heavy atom. The second kappa shape index (κ2) is 7.94. The van der Waals surface area contributed by atoms with Gasteiger partial charge in [-0.05, 0) is 30.5 Å². The van der Waals surface area contributed by atoms with Gasteiger partial charge in [0.2, 0.25) is 5.91 Å². The Bertz CT molecular complexity index is 524. The van der Waals surface area contributed by atoms with Gasteiger partial charge in [0.25, 0.3) is 0 Å². The van der Waals surface area contributed by atoms with Gasteiger partial charge < -0.3 is 15.3 Å². The molecule has 1 aliphatic rings. The van der Waals surface area contributed by atoms with Crippen LogP contribution in [0.2, 0.25) is 0 Å². The van der Waals surface area contributed by atoms with Gasteiger partial charge in [-0.15, -0.1) is 0 Å². The summed E-state index contributed by atoms with van der Waals surface area (Å²) in [5.41, 5.74) is 1.14. The maximum atomic E-state index is 12.2. The number of likely N-dealkylation sites (N-methyl/N-ethyl adjacent to an activating group) is 1. The van der Waals surface area contributed by atoms with Crippen molar-refractivity contribution in [1.82, 2.24) is 10.2 Å². The molecule has 0 aromatic heterocycles. The standard InChI is InChI=1S/C17H24N2O3/c1-19(15-8-3-2-4-9-15)16(20)12-18-11-13-6-5-7-14(10-13)17(21)22/h5-7,10,15,18H,2-4,8-9,11-12H2,1H3,(H,21,22). The quantitative estimate of drug-likeness (QED) is 0.846. The normalized spacial score (nSPS) is 15.5. The molecule has 120 valence electrons. The number of amides is 1. The van der Waals surface area contributed by atoms with Crippen LogP contribution in [0.3, 0.4) is 0 Å². The SMILES string of the molecule is CN(C(=O)CNCc1cccc(C(=O)O)c1)C1CCCCC1. The van der Waals surface area contributed by atoms with Gasteiger partial charge in [0.05, 0.1) is 12.1 Å². The number of aromatic carboxylic acids is 1. The van der Waals surface area contributed by atoms with E-state index in [9.17, 15) is 9.59 Å². The average molecular weight is 304 g/mol. The molecule has 1 saturated carbocycles. The summed E-state index contributed by atoms with van der Waals surface area (Å²) in [7, 11) is 1.88. The minimum Gasteiger partial charge on any atom is -0.478 e. The molecular formula is C17H24N2O3. The van der Waals surface area contributed by atoms with Crippen LogP contribution in [0, 0.1) is 0 Å². The first-order valence-electron chi connectivity index (χ1n) is 7.86. The van der Waals surface area contributed by atoms with Crippen LogP contribution in [-0.2, 0) is 11.3 Å². The minimum absolute atomic E-state index is 0.0984. The molecule has 0 radical (unpaired) electrons. The van der Waals surface area contributed by atoms with Crippen molar-refractivity contribution in [3.63, 3.8) is 0 Å². The van der Waals surface area contributed by atoms with E-state index in [0.717, 1.165) is 18.4 Å². The monoisotopic (exact) mass is 304 g/mol. The fraction of sp³-hybridized carbons (Fsp3) is 0.529. The highest BCUT2D eigenvalue weighted by Crippen LogP contribution is 2.21. The third kappa shape index (κ3) is 4.56. The molecule has 2 N–H and O–H groups in total. The van der Waals surface area contributed by atoms with Gasteiger partial charge in [-0.25, -0.2) is 4.79 Å². The van der Waals surface area contributed by atoms with Crippen molar-refractivity contribution in [2.24, 2.45) is 0 Å². The lowest BCUT2D eigenvalue weighted by Gasteiger charge is -2.31. The maximum Gasteiger partial charge on any atom is 0.335 e. The first kappa shape index (κ1) is 16.5. The predicted octanol–water partition coefficient (Wildman–Crippen LogP) is 2.27. The van der Waals surface area contributed by atoms with Crippen LogP contribution in [0.25, 0.3) is 0 Å². The lowest BCUT2D eigenvalue weighted by Crippen LogP contribution is -2.42. The second-order valence-electron chi connectivity index (χ2n) is 5.91. The Kier molecular flexibility index (Phi) is 5.95. The van der Waals surface area contributed by atoms with Crippen LogP contribution in [0.4, 0.5) is 0 Å². The number of hydrogen-bond donors (Lipinski definition) is 2. The number of carbonyl (C=O) groups is 2. The van der Waals surface area contributed by atoms with Gasteiger partial charge in [-0.2, -0.15) is 0 Å². The summed E-state index contributed by atoms with van der Waals surface area (Å²) < 4.78 is 0. The molecule has 5 nitrogen and oxygen atoms in total. The number of nitrogens with one attached hydrogen (secondary N) is 1. The number of hydrogen-bond acceptors (Lipinski definition) is 3. The molecule has 5 heteroatoms. The highest BCUT2D eigenvalue weighted by Gasteiger charge is 2.21. The van der Waals surface area contributed by atoms with Crippen LogP contribution >= 0.6 is 0 Å². The van der Waals surface area contributed by atoms with Gasteiger partial charge in [-0.3, -0.25) is 4.79 Å². The number of benzene rings is 1. The summed E-state index contributed by atoms with van der Waals surface area (Å²) in [6.07, 6.45) is 5.89. The first-order chi connectivity index (χ1) is 10.6. The van der Waals surface area contributed by atoms with Gasteiger partial charge in [0, 0.05) is 19.6 Å². The molecule has 0 saturated heterocycles. The Morgan fingerprint density at radius 1 is 1.27 bits per heavy atom. The molecule has 22 heavy (non-hydrogen) atoms. The topological polar surface area (TPSA) is 69.6 Å². The van der Waals surface area contributed by atoms with Crippen molar-refractivity contribution in [1.29, 1.82) is 0 Å². The van der Waals surface area contributed by atoms with E-state index in [1.165, 1.54) is 19.3 Å². The number of nitrogens with zero attached hydrogens (tertiary/aromatic N) is 1. The lowest BCUT2D eigenvalue weighted by molar-refractivity contribution is -0.131. The van der Waals surface area contributed by atoms with E-state index < -0.39 is 5.97 Å². The molecule has 2 rings (SSSR count). The van der Waals surface area contributed by atoms with Crippen LogP contribution in [0.1, 0.15) is 48.0 Å². The third-order valence-corrected chi connectivity index (χ3v) is 4.30. The van der Waals surface area contributed by atoms with E-state index in [-0.39, 0.29) is 18.0 Å². The molecule has 1 aliphatic carbocycles. The number of rotatable bonds is 6. The van der Waals surface area contributed by atoms with E-state index in [2.05, 4.69) is 5.32 Å². The Hall–Kier alpha value is -1.88.